The predicted octanol–water partition coefficient (Wildman–Crippen LogP) is 0.429. The molecule has 94 valence electrons. The normalized spacial score (nSPS) is 13.1. The van der Waals surface area contributed by atoms with Crippen LogP contribution in [0.5, 0.6) is 0 Å². The lowest BCUT2D eigenvalue weighted by Gasteiger charge is -2.29. The molecule has 0 aromatic carbocycles. The van der Waals surface area contributed by atoms with Gasteiger partial charge in [0.25, 0.3) is 0 Å². The van der Waals surface area contributed by atoms with Gasteiger partial charge in [-0.25, -0.2) is 0 Å². The summed E-state index contributed by atoms with van der Waals surface area (Å²) in [6, 6.07) is 0. The Morgan fingerprint density at radius 3 is 2.38 bits per heavy atom. The van der Waals surface area contributed by atoms with Crippen molar-refractivity contribution >= 4 is 11.9 Å². The van der Waals surface area contributed by atoms with E-state index >= 15 is 0 Å². The van der Waals surface area contributed by atoms with Gasteiger partial charge < -0.3 is 15.8 Å². The van der Waals surface area contributed by atoms with Gasteiger partial charge in [-0.3, -0.25) is 9.59 Å². The molecule has 0 heterocycles. The van der Waals surface area contributed by atoms with Crippen molar-refractivity contribution < 1.29 is 14.3 Å². The molecule has 0 rings (SSSR count). The molecule has 0 saturated heterocycles. The van der Waals surface area contributed by atoms with Crippen molar-refractivity contribution in [3.63, 3.8) is 0 Å². The number of ether oxygens (including phenoxy) is 1. The molecule has 0 radical (unpaired) electrons. The summed E-state index contributed by atoms with van der Waals surface area (Å²) in [6.45, 7) is 5.97. The van der Waals surface area contributed by atoms with Crippen LogP contribution in [0.1, 0.15) is 33.6 Å². The van der Waals surface area contributed by atoms with Crippen LogP contribution in [-0.2, 0) is 14.3 Å². The Morgan fingerprint density at radius 1 is 1.44 bits per heavy atom. The highest BCUT2D eigenvalue weighted by Crippen LogP contribution is 2.20. The number of nitrogens with two attached hydrogens (primary N) is 1. The highest BCUT2D eigenvalue weighted by molar-refractivity contribution is 5.80. The van der Waals surface area contributed by atoms with Crippen LogP contribution in [0.25, 0.3) is 0 Å². The second-order valence-corrected chi connectivity index (χ2v) is 4.38. The van der Waals surface area contributed by atoms with Gasteiger partial charge >= 0.3 is 5.97 Å². The second kappa shape index (κ2) is 6.48. The monoisotopic (exact) mass is 230 g/mol. The maximum absolute atomic E-state index is 11.7. The van der Waals surface area contributed by atoms with Crippen LogP contribution in [0.2, 0.25) is 0 Å². The minimum absolute atomic E-state index is 0.112. The first-order chi connectivity index (χ1) is 7.32. The van der Waals surface area contributed by atoms with E-state index < -0.39 is 5.54 Å². The zero-order valence-corrected chi connectivity index (χ0v) is 10.5. The fourth-order valence-electron chi connectivity index (χ4n) is 1.50. The number of methoxy groups -OCH3 is 1. The summed E-state index contributed by atoms with van der Waals surface area (Å²) >= 11 is 0. The van der Waals surface area contributed by atoms with Crippen LogP contribution in [0.15, 0.2) is 0 Å². The SMILES string of the molecule is CCNC(=O)C(CCC(=O)OC)C(C)(C)N. The smallest absolute Gasteiger partial charge is 0.305 e. The highest BCUT2D eigenvalue weighted by Gasteiger charge is 2.31. The Morgan fingerprint density at radius 2 is 2.00 bits per heavy atom. The maximum atomic E-state index is 11.7. The minimum Gasteiger partial charge on any atom is -0.469 e. The van der Waals surface area contributed by atoms with Gasteiger partial charge in [-0.15, -0.1) is 0 Å². The third-order valence-corrected chi connectivity index (χ3v) is 2.43. The number of nitrogens with one attached hydrogen (secondary N) is 1. The largest absolute Gasteiger partial charge is 0.469 e. The van der Waals surface area contributed by atoms with Crippen LogP contribution >= 0.6 is 0 Å². The summed E-state index contributed by atoms with van der Waals surface area (Å²) in [5.74, 6) is -0.816. The first-order valence-corrected chi connectivity index (χ1v) is 5.46. The van der Waals surface area contributed by atoms with Crippen LogP contribution in [0.3, 0.4) is 0 Å². The fourth-order valence-corrected chi connectivity index (χ4v) is 1.50. The molecule has 1 atom stereocenters. The van der Waals surface area contributed by atoms with E-state index in [4.69, 9.17) is 5.73 Å². The Labute approximate surface area is 96.7 Å². The number of amides is 1. The molecular formula is C11H22N2O3. The second-order valence-electron chi connectivity index (χ2n) is 4.38. The van der Waals surface area contributed by atoms with E-state index in [2.05, 4.69) is 10.1 Å². The van der Waals surface area contributed by atoms with Gasteiger partial charge in [0, 0.05) is 18.5 Å². The Hall–Kier alpha value is -1.10. The summed E-state index contributed by atoms with van der Waals surface area (Å²) < 4.78 is 4.54. The lowest BCUT2D eigenvalue weighted by atomic mass is 9.84. The standard InChI is InChI=1S/C11H22N2O3/c1-5-13-10(15)8(11(2,3)12)6-7-9(14)16-4/h8H,5-7,12H2,1-4H3,(H,13,15). The summed E-state index contributed by atoms with van der Waals surface area (Å²) in [5, 5.41) is 2.72. The third kappa shape index (κ3) is 5.11. The topological polar surface area (TPSA) is 81.4 Å². The van der Waals surface area contributed by atoms with Crippen molar-refractivity contribution in [2.45, 2.75) is 39.2 Å². The van der Waals surface area contributed by atoms with Gasteiger partial charge in [0.15, 0.2) is 0 Å². The molecular weight excluding hydrogens is 208 g/mol. The molecule has 5 nitrogen and oxygen atoms in total. The zero-order valence-electron chi connectivity index (χ0n) is 10.5. The van der Waals surface area contributed by atoms with E-state index in [1.165, 1.54) is 7.11 Å². The molecule has 1 amide bonds. The molecule has 0 aliphatic carbocycles. The Balaban J connectivity index is 4.45. The van der Waals surface area contributed by atoms with Crippen molar-refractivity contribution in [2.75, 3.05) is 13.7 Å². The molecule has 0 saturated carbocycles. The van der Waals surface area contributed by atoms with Crippen LogP contribution in [0.4, 0.5) is 0 Å². The summed E-state index contributed by atoms with van der Waals surface area (Å²) in [6.07, 6.45) is 0.612. The molecule has 5 heteroatoms. The van der Waals surface area contributed by atoms with Crippen LogP contribution in [0, 0.1) is 5.92 Å². The number of carbonyl (C=O) groups excluding carboxylic acids is 2. The molecule has 0 aromatic rings. The number of carbonyl (C=O) groups is 2. The van der Waals surface area contributed by atoms with E-state index in [0.717, 1.165) is 0 Å². The number of hydrogen-bond donors (Lipinski definition) is 2. The van der Waals surface area contributed by atoms with Crippen molar-refractivity contribution in [1.82, 2.24) is 5.32 Å². The molecule has 3 N–H and O–H groups in total. The van der Waals surface area contributed by atoms with Crippen LogP contribution < -0.4 is 11.1 Å². The van der Waals surface area contributed by atoms with Crippen molar-refractivity contribution in [1.29, 1.82) is 0 Å². The van der Waals surface area contributed by atoms with Gasteiger partial charge in [0.1, 0.15) is 0 Å². The van der Waals surface area contributed by atoms with Crippen molar-refractivity contribution in [3.8, 4) is 0 Å². The van der Waals surface area contributed by atoms with Crippen molar-refractivity contribution in [2.24, 2.45) is 11.7 Å². The molecule has 16 heavy (non-hydrogen) atoms. The van der Waals surface area contributed by atoms with Crippen LogP contribution in [-0.4, -0.2) is 31.1 Å². The summed E-state index contributed by atoms with van der Waals surface area (Å²) in [7, 11) is 1.33. The average Bonchev–Trinajstić information content (AvgIpc) is 2.16. The molecule has 0 fully saturated rings. The number of rotatable bonds is 6. The lowest BCUT2D eigenvalue weighted by molar-refractivity contribution is -0.141. The molecule has 0 spiro atoms. The molecule has 0 bridgehead atoms. The minimum atomic E-state index is -0.646. The number of esters is 1. The molecule has 0 aliphatic heterocycles. The van der Waals surface area contributed by atoms with E-state index in [9.17, 15) is 9.59 Å². The van der Waals surface area contributed by atoms with Gasteiger partial charge in [-0.05, 0) is 27.2 Å². The van der Waals surface area contributed by atoms with Gasteiger partial charge in [-0.2, -0.15) is 0 Å². The van der Waals surface area contributed by atoms with E-state index in [-0.39, 0.29) is 24.2 Å². The lowest BCUT2D eigenvalue weighted by Crippen LogP contribution is -2.49. The zero-order chi connectivity index (χ0) is 12.8. The number of hydrogen-bond acceptors (Lipinski definition) is 4. The Bertz CT molecular complexity index is 246. The molecule has 0 aromatic heterocycles. The summed E-state index contributed by atoms with van der Waals surface area (Å²) in [4.78, 5) is 22.8. The van der Waals surface area contributed by atoms with E-state index in [1.807, 2.05) is 6.92 Å². The summed E-state index contributed by atoms with van der Waals surface area (Å²) in [5.41, 5.74) is 5.28. The average molecular weight is 230 g/mol. The molecule has 1 unspecified atom stereocenters. The van der Waals surface area contributed by atoms with E-state index in [1.54, 1.807) is 13.8 Å². The molecule has 0 aliphatic rings. The highest BCUT2D eigenvalue weighted by atomic mass is 16.5. The van der Waals surface area contributed by atoms with Crippen molar-refractivity contribution in [3.05, 3.63) is 0 Å². The Kier molecular flexibility index (Phi) is 6.03. The first kappa shape index (κ1) is 14.9. The maximum Gasteiger partial charge on any atom is 0.305 e. The third-order valence-electron chi connectivity index (χ3n) is 2.43. The van der Waals surface area contributed by atoms with E-state index in [0.29, 0.717) is 13.0 Å². The van der Waals surface area contributed by atoms with Gasteiger partial charge in [0.2, 0.25) is 5.91 Å². The van der Waals surface area contributed by atoms with Gasteiger partial charge in [0.05, 0.1) is 13.0 Å². The van der Waals surface area contributed by atoms with Gasteiger partial charge in [-0.1, -0.05) is 0 Å². The fraction of sp³-hybridized carbons (Fsp3) is 0.818. The quantitative estimate of drug-likeness (QED) is 0.648. The predicted molar refractivity (Wildman–Crippen MR) is 61.7 cm³/mol. The first-order valence-electron chi connectivity index (χ1n) is 5.46.